The first kappa shape index (κ1) is 13.7. The van der Waals surface area contributed by atoms with Crippen LogP contribution in [0.15, 0.2) is 12.3 Å². The highest BCUT2D eigenvalue weighted by molar-refractivity contribution is 8.00. The van der Waals surface area contributed by atoms with Crippen LogP contribution >= 0.6 is 23.4 Å². The molecule has 1 saturated heterocycles. The van der Waals surface area contributed by atoms with Gasteiger partial charge in [-0.3, -0.25) is 9.78 Å². The lowest BCUT2D eigenvalue weighted by atomic mass is 10.2. The van der Waals surface area contributed by atoms with E-state index >= 15 is 0 Å². The molecule has 0 saturated carbocycles. The Balaban J connectivity index is 2.15. The van der Waals surface area contributed by atoms with Crippen molar-refractivity contribution in [3.05, 3.63) is 28.5 Å². The Bertz CT molecular complexity index is 453. The monoisotopic (exact) mass is 284 g/mol. The second-order valence-corrected chi connectivity index (χ2v) is 6.27. The fourth-order valence-corrected chi connectivity index (χ4v) is 3.47. The van der Waals surface area contributed by atoms with Crippen molar-refractivity contribution in [3.8, 4) is 0 Å². The van der Waals surface area contributed by atoms with Crippen LogP contribution in [0.5, 0.6) is 0 Å². The Morgan fingerprint density at radius 2 is 2.44 bits per heavy atom. The van der Waals surface area contributed by atoms with E-state index in [0.29, 0.717) is 15.8 Å². The van der Waals surface area contributed by atoms with Crippen molar-refractivity contribution >= 4 is 29.3 Å². The maximum absolute atomic E-state index is 12.4. The predicted molar refractivity (Wildman–Crippen MR) is 76.4 cm³/mol. The minimum atomic E-state index is 0.00579. The maximum atomic E-state index is 12.4. The number of hydrogen-bond donors (Lipinski definition) is 0. The predicted octanol–water partition coefficient (Wildman–Crippen LogP) is 3.01. The first-order valence-electron chi connectivity index (χ1n) is 6.14. The molecule has 1 unspecified atom stereocenters. The van der Waals surface area contributed by atoms with E-state index in [1.807, 2.05) is 23.6 Å². The molecule has 0 radical (unpaired) electrons. The number of thioether (sulfide) groups is 1. The molecule has 1 aliphatic heterocycles. The molecule has 1 aliphatic rings. The Kier molecular flexibility index (Phi) is 4.51. The molecule has 98 valence electrons. The van der Waals surface area contributed by atoms with Crippen LogP contribution in [-0.2, 0) is 0 Å². The minimum absolute atomic E-state index is 0.00579. The minimum Gasteiger partial charge on any atom is -0.337 e. The molecule has 1 fully saturated rings. The highest BCUT2D eigenvalue weighted by Crippen LogP contribution is 2.24. The molecule has 0 bridgehead atoms. The lowest BCUT2D eigenvalue weighted by molar-refractivity contribution is 0.0760. The van der Waals surface area contributed by atoms with Crippen LogP contribution in [-0.4, -0.2) is 39.9 Å². The quantitative estimate of drug-likeness (QED) is 0.837. The molecular weight excluding hydrogens is 268 g/mol. The number of pyridine rings is 1. The van der Waals surface area contributed by atoms with E-state index in [0.717, 1.165) is 31.0 Å². The molecule has 1 aromatic rings. The van der Waals surface area contributed by atoms with Crippen molar-refractivity contribution in [2.24, 2.45) is 0 Å². The fourth-order valence-electron chi connectivity index (χ4n) is 2.00. The Morgan fingerprint density at radius 1 is 1.67 bits per heavy atom. The van der Waals surface area contributed by atoms with E-state index < -0.39 is 0 Å². The van der Waals surface area contributed by atoms with Gasteiger partial charge in [0, 0.05) is 36.0 Å². The van der Waals surface area contributed by atoms with Crippen molar-refractivity contribution in [3.63, 3.8) is 0 Å². The van der Waals surface area contributed by atoms with E-state index in [-0.39, 0.29) is 5.91 Å². The van der Waals surface area contributed by atoms with Crippen LogP contribution in [0.3, 0.4) is 0 Å². The van der Waals surface area contributed by atoms with Gasteiger partial charge in [0.1, 0.15) is 0 Å². The molecule has 1 amide bonds. The van der Waals surface area contributed by atoms with Gasteiger partial charge in [-0.05, 0) is 19.4 Å². The third-order valence-electron chi connectivity index (χ3n) is 3.10. The molecule has 0 aromatic carbocycles. The number of aromatic nitrogens is 1. The number of rotatable bonds is 2. The Hall–Kier alpha value is -0.740. The molecule has 0 aliphatic carbocycles. The molecule has 2 rings (SSSR count). The topological polar surface area (TPSA) is 33.2 Å². The van der Waals surface area contributed by atoms with Crippen LogP contribution < -0.4 is 0 Å². The second-order valence-electron chi connectivity index (χ2n) is 4.46. The van der Waals surface area contributed by atoms with Gasteiger partial charge in [0.05, 0.1) is 10.6 Å². The van der Waals surface area contributed by atoms with Crippen LogP contribution in [0.2, 0.25) is 5.02 Å². The lowest BCUT2D eigenvalue weighted by Crippen LogP contribution is -2.41. The summed E-state index contributed by atoms with van der Waals surface area (Å²) in [6.07, 6.45) is 2.68. The fraction of sp³-hybridized carbons (Fsp3) is 0.538. The zero-order valence-electron chi connectivity index (χ0n) is 10.6. The third-order valence-corrected chi connectivity index (χ3v) is 4.79. The van der Waals surface area contributed by atoms with Crippen molar-refractivity contribution in [2.75, 3.05) is 18.8 Å². The van der Waals surface area contributed by atoms with Crippen LogP contribution in [0.4, 0.5) is 0 Å². The highest BCUT2D eigenvalue weighted by atomic mass is 35.5. The number of carbonyl (C=O) groups excluding carboxylic acids is 1. The molecular formula is C13H17ClN2OS. The smallest absolute Gasteiger partial charge is 0.257 e. The summed E-state index contributed by atoms with van der Waals surface area (Å²) in [7, 11) is 0. The number of aryl methyl sites for hydroxylation is 1. The zero-order valence-corrected chi connectivity index (χ0v) is 12.2. The van der Waals surface area contributed by atoms with Gasteiger partial charge in [0.25, 0.3) is 5.91 Å². The van der Waals surface area contributed by atoms with E-state index in [1.54, 1.807) is 12.3 Å². The maximum Gasteiger partial charge on any atom is 0.257 e. The lowest BCUT2D eigenvalue weighted by Gasteiger charge is -2.32. The first-order chi connectivity index (χ1) is 8.61. The normalized spacial score (nSPS) is 19.9. The van der Waals surface area contributed by atoms with Crippen LogP contribution in [0, 0.1) is 6.92 Å². The molecule has 3 nitrogen and oxygen atoms in total. The van der Waals surface area contributed by atoms with E-state index in [2.05, 4.69) is 11.9 Å². The van der Waals surface area contributed by atoms with Gasteiger partial charge in [-0.25, -0.2) is 0 Å². The average Bonchev–Trinajstić information content (AvgIpc) is 2.38. The van der Waals surface area contributed by atoms with Crippen molar-refractivity contribution in [1.82, 2.24) is 9.88 Å². The summed E-state index contributed by atoms with van der Waals surface area (Å²) in [5, 5.41) is 1.04. The molecule has 5 heteroatoms. The number of carbonyl (C=O) groups is 1. The van der Waals surface area contributed by atoms with Gasteiger partial charge in [0.15, 0.2) is 0 Å². The number of amides is 1. The number of hydrogen-bond acceptors (Lipinski definition) is 3. The number of nitrogens with zero attached hydrogens (tertiary/aromatic N) is 2. The summed E-state index contributed by atoms with van der Waals surface area (Å²) >= 11 is 8.06. The van der Waals surface area contributed by atoms with Crippen LogP contribution in [0.25, 0.3) is 0 Å². The van der Waals surface area contributed by atoms with Gasteiger partial charge in [0.2, 0.25) is 0 Å². The molecule has 2 heterocycles. The highest BCUT2D eigenvalue weighted by Gasteiger charge is 2.25. The summed E-state index contributed by atoms with van der Waals surface area (Å²) in [6, 6.07) is 1.74. The third kappa shape index (κ3) is 2.98. The van der Waals surface area contributed by atoms with Crippen molar-refractivity contribution < 1.29 is 4.79 Å². The zero-order chi connectivity index (χ0) is 13.1. The van der Waals surface area contributed by atoms with E-state index in [9.17, 15) is 4.79 Å². The molecule has 1 atom stereocenters. The molecule has 1 aromatic heterocycles. The first-order valence-corrected chi connectivity index (χ1v) is 7.57. The Labute approximate surface area is 117 Å². The molecule has 18 heavy (non-hydrogen) atoms. The van der Waals surface area contributed by atoms with Crippen molar-refractivity contribution in [2.45, 2.75) is 25.5 Å². The largest absolute Gasteiger partial charge is 0.337 e. The summed E-state index contributed by atoms with van der Waals surface area (Å²) in [6.45, 7) is 5.63. The standard InChI is InChI=1S/C13H17ClN2OS/c1-3-10-8-16(4-5-18-10)13(17)11-7-15-9(2)6-12(11)14/h6-7,10H,3-5,8H2,1-2H3. The molecule has 0 spiro atoms. The summed E-state index contributed by atoms with van der Waals surface area (Å²) in [5.41, 5.74) is 1.35. The van der Waals surface area contributed by atoms with E-state index in [4.69, 9.17) is 11.6 Å². The summed E-state index contributed by atoms with van der Waals surface area (Å²) in [5.74, 6) is 1.01. The summed E-state index contributed by atoms with van der Waals surface area (Å²) < 4.78 is 0. The van der Waals surface area contributed by atoms with Gasteiger partial charge in [-0.15, -0.1) is 0 Å². The Morgan fingerprint density at radius 3 is 3.11 bits per heavy atom. The summed E-state index contributed by atoms with van der Waals surface area (Å²) in [4.78, 5) is 18.4. The van der Waals surface area contributed by atoms with Gasteiger partial charge >= 0.3 is 0 Å². The van der Waals surface area contributed by atoms with Gasteiger partial charge < -0.3 is 4.90 Å². The van der Waals surface area contributed by atoms with Crippen molar-refractivity contribution in [1.29, 1.82) is 0 Å². The molecule has 0 N–H and O–H groups in total. The van der Waals surface area contributed by atoms with Gasteiger partial charge in [-0.1, -0.05) is 18.5 Å². The number of halogens is 1. The second kappa shape index (κ2) is 5.93. The SMILES string of the molecule is CCC1CN(C(=O)c2cnc(C)cc2Cl)CCS1. The van der Waals surface area contributed by atoms with Gasteiger partial charge in [-0.2, -0.15) is 11.8 Å². The van der Waals surface area contributed by atoms with Crippen LogP contribution in [0.1, 0.15) is 29.4 Å². The average molecular weight is 285 g/mol. The van der Waals surface area contributed by atoms with E-state index in [1.165, 1.54) is 0 Å².